The molecule has 2 atom stereocenters. The molecule has 0 unspecified atom stereocenters. The van der Waals surface area contributed by atoms with E-state index in [-0.39, 0.29) is 17.7 Å². The Morgan fingerprint density at radius 1 is 0.788 bits per heavy atom. The summed E-state index contributed by atoms with van der Waals surface area (Å²) in [6.07, 6.45) is 0. The standard InChI is InChI=1S/C25H26N2O6/c1-30-19-10-7-15(11-18(19)26)23-22(14-5-8-17(28)9-6-14)25(29)27(23)16-12-20(31-2)24(33-4)21(13-16)32-3/h5-13,22-23,28H,26H2,1-4H3/t22-,23-/m1/s1. The lowest BCUT2D eigenvalue weighted by Crippen LogP contribution is -2.53. The number of hydrogen-bond acceptors (Lipinski definition) is 7. The van der Waals surface area contributed by atoms with Crippen LogP contribution in [0.25, 0.3) is 0 Å². The Morgan fingerprint density at radius 2 is 1.36 bits per heavy atom. The average molecular weight is 450 g/mol. The van der Waals surface area contributed by atoms with Crippen molar-refractivity contribution >= 4 is 17.3 Å². The zero-order valence-electron chi connectivity index (χ0n) is 18.9. The Bertz CT molecular complexity index is 1150. The minimum absolute atomic E-state index is 0.102. The number of hydrogen-bond donors (Lipinski definition) is 2. The first kappa shape index (κ1) is 22.1. The second-order valence-electron chi connectivity index (χ2n) is 7.61. The first-order valence-electron chi connectivity index (χ1n) is 10.3. The van der Waals surface area contributed by atoms with E-state index in [1.54, 1.807) is 54.5 Å². The number of carbonyl (C=O) groups is 1. The molecule has 33 heavy (non-hydrogen) atoms. The number of β-lactam (4-membered cyclic amide) rings is 1. The number of phenolic OH excluding ortho intramolecular Hbond substituents is 1. The molecule has 8 nitrogen and oxygen atoms in total. The summed E-state index contributed by atoms with van der Waals surface area (Å²) >= 11 is 0. The van der Waals surface area contributed by atoms with Gasteiger partial charge in [-0.15, -0.1) is 0 Å². The SMILES string of the molecule is COc1ccc([C@@H]2[C@@H](c3ccc(O)cc3)C(=O)N2c2cc(OC)c(OC)c(OC)c2)cc1N. The van der Waals surface area contributed by atoms with Gasteiger partial charge in [-0.25, -0.2) is 0 Å². The molecule has 1 fully saturated rings. The topological polar surface area (TPSA) is 103 Å². The second kappa shape index (κ2) is 8.82. The third-order valence-corrected chi connectivity index (χ3v) is 5.87. The molecule has 0 spiro atoms. The van der Waals surface area contributed by atoms with Gasteiger partial charge in [-0.1, -0.05) is 18.2 Å². The number of ether oxygens (including phenoxy) is 4. The van der Waals surface area contributed by atoms with Gasteiger partial charge in [0.2, 0.25) is 11.7 Å². The lowest BCUT2D eigenvalue weighted by molar-refractivity contribution is -0.126. The van der Waals surface area contributed by atoms with Gasteiger partial charge in [-0.3, -0.25) is 4.79 Å². The van der Waals surface area contributed by atoms with E-state index in [9.17, 15) is 9.90 Å². The predicted molar refractivity (Wildman–Crippen MR) is 125 cm³/mol. The van der Waals surface area contributed by atoms with Crippen LogP contribution in [0.2, 0.25) is 0 Å². The Balaban J connectivity index is 1.84. The number of methoxy groups -OCH3 is 4. The molecule has 3 aromatic rings. The van der Waals surface area contributed by atoms with Gasteiger partial charge in [0.25, 0.3) is 0 Å². The molecule has 0 bridgehead atoms. The number of nitrogens with two attached hydrogens (primary N) is 1. The fraction of sp³-hybridized carbons (Fsp3) is 0.240. The van der Waals surface area contributed by atoms with E-state index >= 15 is 0 Å². The van der Waals surface area contributed by atoms with Crippen molar-refractivity contribution in [1.82, 2.24) is 0 Å². The summed E-state index contributed by atoms with van der Waals surface area (Å²) in [5.74, 6) is 1.47. The highest BCUT2D eigenvalue weighted by molar-refractivity contribution is 6.07. The van der Waals surface area contributed by atoms with Crippen LogP contribution in [-0.4, -0.2) is 39.5 Å². The van der Waals surface area contributed by atoms with Crippen LogP contribution in [0.5, 0.6) is 28.7 Å². The summed E-state index contributed by atoms with van der Waals surface area (Å²) in [4.78, 5) is 15.2. The molecule has 0 saturated carbocycles. The molecule has 3 aromatic carbocycles. The number of rotatable bonds is 7. The summed E-state index contributed by atoms with van der Waals surface area (Å²) in [5, 5.41) is 9.70. The quantitative estimate of drug-likeness (QED) is 0.416. The molecule has 1 aliphatic rings. The van der Waals surface area contributed by atoms with Crippen LogP contribution in [0.4, 0.5) is 11.4 Å². The highest BCUT2D eigenvalue weighted by atomic mass is 16.5. The van der Waals surface area contributed by atoms with Crippen LogP contribution >= 0.6 is 0 Å². The number of benzene rings is 3. The molecule has 1 amide bonds. The Kier molecular flexibility index (Phi) is 5.91. The van der Waals surface area contributed by atoms with Crippen LogP contribution in [0.3, 0.4) is 0 Å². The maximum absolute atomic E-state index is 13.5. The molecule has 1 aliphatic heterocycles. The van der Waals surface area contributed by atoms with Crippen molar-refractivity contribution in [3.63, 3.8) is 0 Å². The van der Waals surface area contributed by atoms with Gasteiger partial charge in [0.15, 0.2) is 11.5 Å². The smallest absolute Gasteiger partial charge is 0.237 e. The van der Waals surface area contributed by atoms with Crippen molar-refractivity contribution in [3.8, 4) is 28.7 Å². The lowest BCUT2D eigenvalue weighted by Gasteiger charge is -2.48. The monoisotopic (exact) mass is 450 g/mol. The van der Waals surface area contributed by atoms with E-state index < -0.39 is 5.92 Å². The van der Waals surface area contributed by atoms with Crippen molar-refractivity contribution in [2.75, 3.05) is 39.1 Å². The van der Waals surface area contributed by atoms with Gasteiger partial charge in [0, 0.05) is 12.1 Å². The predicted octanol–water partition coefficient (Wildman–Crippen LogP) is 3.88. The summed E-state index contributed by atoms with van der Waals surface area (Å²) in [7, 11) is 6.14. The third kappa shape index (κ3) is 3.73. The van der Waals surface area contributed by atoms with Crippen LogP contribution in [0.1, 0.15) is 23.1 Å². The van der Waals surface area contributed by atoms with Crippen molar-refractivity contribution in [2.24, 2.45) is 0 Å². The van der Waals surface area contributed by atoms with Crippen molar-refractivity contribution in [1.29, 1.82) is 0 Å². The number of amides is 1. The maximum atomic E-state index is 13.5. The second-order valence-corrected chi connectivity index (χ2v) is 7.61. The minimum atomic E-state index is -0.461. The van der Waals surface area contributed by atoms with Crippen LogP contribution < -0.4 is 29.6 Å². The Hall–Kier alpha value is -4.07. The molecular weight excluding hydrogens is 424 g/mol. The van der Waals surface area contributed by atoms with Crippen molar-refractivity contribution in [3.05, 3.63) is 65.7 Å². The highest BCUT2D eigenvalue weighted by Gasteiger charge is 2.50. The summed E-state index contributed by atoms with van der Waals surface area (Å²) < 4.78 is 21.7. The third-order valence-electron chi connectivity index (χ3n) is 5.87. The number of phenols is 1. The van der Waals surface area contributed by atoms with Gasteiger partial charge in [-0.05, 0) is 35.4 Å². The largest absolute Gasteiger partial charge is 0.508 e. The molecule has 172 valence electrons. The molecule has 0 aromatic heterocycles. The highest BCUT2D eigenvalue weighted by Crippen LogP contribution is 2.52. The number of aromatic hydroxyl groups is 1. The van der Waals surface area contributed by atoms with Crippen molar-refractivity contribution < 1.29 is 28.8 Å². The summed E-state index contributed by atoms with van der Waals surface area (Å²) in [6.45, 7) is 0. The summed E-state index contributed by atoms with van der Waals surface area (Å²) in [5.41, 5.74) is 8.90. The zero-order chi connectivity index (χ0) is 23.7. The molecule has 3 N–H and O–H groups in total. The molecule has 0 aliphatic carbocycles. The van der Waals surface area contributed by atoms with E-state index in [0.717, 1.165) is 11.1 Å². The normalized spacial score (nSPS) is 17.3. The van der Waals surface area contributed by atoms with Crippen molar-refractivity contribution in [2.45, 2.75) is 12.0 Å². The Labute approximate surface area is 192 Å². The minimum Gasteiger partial charge on any atom is -0.508 e. The van der Waals surface area contributed by atoms with E-state index in [2.05, 4.69) is 0 Å². The van der Waals surface area contributed by atoms with Crippen LogP contribution in [0.15, 0.2) is 54.6 Å². The number of anilines is 2. The Morgan fingerprint density at radius 3 is 1.88 bits per heavy atom. The van der Waals surface area contributed by atoms with Gasteiger partial charge in [-0.2, -0.15) is 0 Å². The number of nitrogen functional groups attached to an aromatic ring is 1. The first-order chi connectivity index (χ1) is 15.9. The van der Waals surface area contributed by atoms with Gasteiger partial charge < -0.3 is 34.7 Å². The number of nitrogens with zero attached hydrogens (tertiary/aromatic N) is 1. The molecular formula is C25H26N2O6. The molecule has 4 rings (SSSR count). The van der Waals surface area contributed by atoms with E-state index in [0.29, 0.717) is 34.4 Å². The molecule has 1 heterocycles. The fourth-order valence-corrected chi connectivity index (χ4v) is 4.27. The lowest BCUT2D eigenvalue weighted by atomic mass is 9.77. The fourth-order valence-electron chi connectivity index (χ4n) is 4.27. The number of carbonyl (C=O) groups excluding carboxylic acids is 1. The van der Waals surface area contributed by atoms with E-state index in [1.807, 2.05) is 12.1 Å². The van der Waals surface area contributed by atoms with E-state index in [4.69, 9.17) is 24.7 Å². The average Bonchev–Trinajstić information content (AvgIpc) is 2.82. The van der Waals surface area contributed by atoms with Gasteiger partial charge in [0.1, 0.15) is 11.5 Å². The van der Waals surface area contributed by atoms with Gasteiger partial charge >= 0.3 is 0 Å². The molecule has 1 saturated heterocycles. The van der Waals surface area contributed by atoms with Crippen LogP contribution in [-0.2, 0) is 4.79 Å². The molecule has 8 heteroatoms. The first-order valence-corrected chi connectivity index (χ1v) is 10.3. The maximum Gasteiger partial charge on any atom is 0.237 e. The van der Waals surface area contributed by atoms with Gasteiger partial charge in [0.05, 0.1) is 51.8 Å². The zero-order valence-corrected chi connectivity index (χ0v) is 18.9. The molecule has 0 radical (unpaired) electrons. The summed E-state index contributed by atoms with van der Waals surface area (Å²) in [6, 6.07) is 15.3. The van der Waals surface area contributed by atoms with Crippen LogP contribution in [0, 0.1) is 0 Å². The van der Waals surface area contributed by atoms with E-state index in [1.165, 1.54) is 21.3 Å².